The Bertz CT molecular complexity index is 436. The Hall–Kier alpha value is -1.50. The van der Waals surface area contributed by atoms with Crippen LogP contribution >= 0.6 is 0 Å². The van der Waals surface area contributed by atoms with Gasteiger partial charge in [-0.05, 0) is 30.9 Å². The molecule has 1 unspecified atom stereocenters. The Balaban J connectivity index is 1.81. The number of alkyl halides is 3. The molecule has 1 aliphatic heterocycles. The van der Waals surface area contributed by atoms with Crippen molar-refractivity contribution < 1.29 is 22.7 Å². The third-order valence-corrected chi connectivity index (χ3v) is 3.10. The number of aromatic nitrogens is 1. The SMILES string of the molecule is O=C(NCCC1CCOC1)c1ccc(C(F)(F)F)[nH]1. The summed E-state index contributed by atoms with van der Waals surface area (Å²) in [6, 6.07) is 2.00. The Labute approximate surface area is 108 Å². The number of amides is 1. The second-order valence-electron chi connectivity index (χ2n) is 4.56. The van der Waals surface area contributed by atoms with Crippen molar-refractivity contribution in [2.45, 2.75) is 19.0 Å². The lowest BCUT2D eigenvalue weighted by Gasteiger charge is -2.08. The number of hydrogen-bond donors (Lipinski definition) is 2. The van der Waals surface area contributed by atoms with Gasteiger partial charge in [-0.1, -0.05) is 0 Å². The van der Waals surface area contributed by atoms with E-state index in [1.165, 1.54) is 0 Å². The molecule has 0 bridgehead atoms. The van der Waals surface area contributed by atoms with E-state index in [4.69, 9.17) is 4.74 Å². The highest BCUT2D eigenvalue weighted by atomic mass is 19.4. The smallest absolute Gasteiger partial charge is 0.381 e. The van der Waals surface area contributed by atoms with Crippen LogP contribution in [0.25, 0.3) is 0 Å². The minimum atomic E-state index is -4.46. The molecule has 1 saturated heterocycles. The van der Waals surface area contributed by atoms with Crippen LogP contribution in [0.15, 0.2) is 12.1 Å². The molecule has 7 heteroatoms. The van der Waals surface area contributed by atoms with Crippen LogP contribution in [-0.4, -0.2) is 30.6 Å². The van der Waals surface area contributed by atoms with Gasteiger partial charge in [0, 0.05) is 19.8 Å². The van der Waals surface area contributed by atoms with E-state index in [-0.39, 0.29) is 5.69 Å². The average molecular weight is 276 g/mol. The molecule has 2 N–H and O–H groups in total. The molecule has 1 aromatic heterocycles. The van der Waals surface area contributed by atoms with E-state index < -0.39 is 17.8 Å². The summed E-state index contributed by atoms with van der Waals surface area (Å²) in [5, 5.41) is 2.60. The minimum absolute atomic E-state index is 0.0741. The summed E-state index contributed by atoms with van der Waals surface area (Å²) in [5.74, 6) is -0.0934. The molecule has 1 aromatic rings. The second kappa shape index (κ2) is 5.64. The molecule has 4 nitrogen and oxygen atoms in total. The van der Waals surface area contributed by atoms with Gasteiger partial charge >= 0.3 is 6.18 Å². The summed E-state index contributed by atoms with van der Waals surface area (Å²) in [4.78, 5) is 13.7. The summed E-state index contributed by atoms with van der Waals surface area (Å²) in [5.41, 5.74) is -0.989. The molecule has 2 rings (SSSR count). The van der Waals surface area contributed by atoms with E-state index in [2.05, 4.69) is 10.3 Å². The first-order valence-electron chi connectivity index (χ1n) is 6.09. The van der Waals surface area contributed by atoms with Crippen molar-refractivity contribution in [3.05, 3.63) is 23.5 Å². The van der Waals surface area contributed by atoms with E-state index in [0.717, 1.165) is 31.6 Å². The lowest BCUT2D eigenvalue weighted by molar-refractivity contribution is -0.140. The van der Waals surface area contributed by atoms with E-state index in [0.29, 0.717) is 19.1 Å². The summed E-state index contributed by atoms with van der Waals surface area (Å²) in [6.07, 6.45) is -2.71. The van der Waals surface area contributed by atoms with Crippen LogP contribution in [0.4, 0.5) is 13.2 Å². The molecule has 2 heterocycles. The highest BCUT2D eigenvalue weighted by Crippen LogP contribution is 2.28. The Morgan fingerprint density at radius 2 is 2.26 bits per heavy atom. The first kappa shape index (κ1) is 13.9. The van der Waals surface area contributed by atoms with Crippen LogP contribution in [-0.2, 0) is 10.9 Å². The van der Waals surface area contributed by atoms with Gasteiger partial charge in [-0.3, -0.25) is 4.79 Å². The predicted octanol–water partition coefficient (Wildman–Crippen LogP) is 2.19. The lowest BCUT2D eigenvalue weighted by Crippen LogP contribution is -2.26. The number of carbonyl (C=O) groups is 1. The van der Waals surface area contributed by atoms with Crippen LogP contribution in [0.2, 0.25) is 0 Å². The number of rotatable bonds is 4. The van der Waals surface area contributed by atoms with E-state index in [1.54, 1.807) is 0 Å². The molecule has 0 radical (unpaired) electrons. The minimum Gasteiger partial charge on any atom is -0.381 e. The fraction of sp³-hybridized carbons (Fsp3) is 0.583. The van der Waals surface area contributed by atoms with E-state index >= 15 is 0 Å². The van der Waals surface area contributed by atoms with Gasteiger partial charge in [0.15, 0.2) is 0 Å². The number of ether oxygens (including phenoxy) is 1. The molecule has 1 fully saturated rings. The van der Waals surface area contributed by atoms with Crippen LogP contribution in [0.1, 0.15) is 29.0 Å². The predicted molar refractivity (Wildman–Crippen MR) is 61.7 cm³/mol. The quantitative estimate of drug-likeness (QED) is 0.885. The summed E-state index contributed by atoms with van der Waals surface area (Å²) in [6.45, 7) is 1.87. The Morgan fingerprint density at radius 3 is 2.84 bits per heavy atom. The van der Waals surface area contributed by atoms with Gasteiger partial charge in [0.1, 0.15) is 11.4 Å². The highest BCUT2D eigenvalue weighted by Gasteiger charge is 2.32. The fourth-order valence-electron chi connectivity index (χ4n) is 1.99. The van der Waals surface area contributed by atoms with Gasteiger partial charge in [0.2, 0.25) is 0 Å². The first-order chi connectivity index (χ1) is 8.97. The van der Waals surface area contributed by atoms with Crippen LogP contribution in [0.3, 0.4) is 0 Å². The molecular formula is C12H15F3N2O2. The highest BCUT2D eigenvalue weighted by molar-refractivity contribution is 5.92. The van der Waals surface area contributed by atoms with Crippen molar-refractivity contribution in [1.82, 2.24) is 10.3 Å². The number of aromatic amines is 1. The molecule has 106 valence electrons. The third kappa shape index (κ3) is 3.73. The Kier molecular flexibility index (Phi) is 4.14. The third-order valence-electron chi connectivity index (χ3n) is 3.10. The molecule has 1 amide bonds. The summed E-state index contributed by atoms with van der Waals surface area (Å²) in [7, 11) is 0. The standard InChI is InChI=1S/C12H15F3N2O2/c13-12(14,15)10-2-1-9(17-10)11(18)16-5-3-8-4-6-19-7-8/h1-2,8,17H,3-7H2,(H,16,18). The molecular weight excluding hydrogens is 261 g/mol. The monoisotopic (exact) mass is 276 g/mol. The topological polar surface area (TPSA) is 54.1 Å². The molecule has 0 aromatic carbocycles. The first-order valence-corrected chi connectivity index (χ1v) is 6.09. The zero-order chi connectivity index (χ0) is 13.9. The molecule has 1 atom stereocenters. The average Bonchev–Trinajstić information content (AvgIpc) is 2.99. The lowest BCUT2D eigenvalue weighted by atomic mass is 10.1. The molecule has 0 saturated carbocycles. The van der Waals surface area contributed by atoms with Crippen LogP contribution in [0.5, 0.6) is 0 Å². The Morgan fingerprint density at radius 1 is 1.47 bits per heavy atom. The zero-order valence-electron chi connectivity index (χ0n) is 10.2. The number of hydrogen-bond acceptors (Lipinski definition) is 2. The normalized spacial score (nSPS) is 19.6. The molecule has 1 aliphatic rings. The van der Waals surface area contributed by atoms with Crippen molar-refractivity contribution in [1.29, 1.82) is 0 Å². The number of H-pyrrole nitrogens is 1. The second-order valence-corrected chi connectivity index (χ2v) is 4.56. The fourth-order valence-corrected chi connectivity index (χ4v) is 1.99. The van der Waals surface area contributed by atoms with Gasteiger partial charge in [-0.2, -0.15) is 13.2 Å². The number of carbonyl (C=O) groups excluding carboxylic acids is 1. The van der Waals surface area contributed by atoms with Gasteiger partial charge in [-0.15, -0.1) is 0 Å². The maximum absolute atomic E-state index is 12.3. The zero-order valence-corrected chi connectivity index (χ0v) is 10.2. The van der Waals surface area contributed by atoms with Crippen LogP contribution < -0.4 is 5.32 Å². The van der Waals surface area contributed by atoms with Crippen molar-refractivity contribution in [3.63, 3.8) is 0 Å². The van der Waals surface area contributed by atoms with Gasteiger partial charge in [0.25, 0.3) is 5.91 Å². The molecule has 0 aliphatic carbocycles. The van der Waals surface area contributed by atoms with Crippen molar-refractivity contribution >= 4 is 5.91 Å². The van der Waals surface area contributed by atoms with Crippen molar-refractivity contribution in [3.8, 4) is 0 Å². The van der Waals surface area contributed by atoms with Crippen molar-refractivity contribution in [2.24, 2.45) is 5.92 Å². The van der Waals surface area contributed by atoms with Gasteiger partial charge < -0.3 is 15.0 Å². The number of nitrogens with one attached hydrogen (secondary N) is 2. The van der Waals surface area contributed by atoms with Crippen LogP contribution in [0, 0.1) is 5.92 Å². The maximum Gasteiger partial charge on any atom is 0.431 e. The largest absolute Gasteiger partial charge is 0.431 e. The maximum atomic E-state index is 12.3. The van der Waals surface area contributed by atoms with E-state index in [1.807, 2.05) is 0 Å². The van der Waals surface area contributed by atoms with Gasteiger partial charge in [0.05, 0.1) is 0 Å². The number of halogens is 3. The van der Waals surface area contributed by atoms with Gasteiger partial charge in [-0.25, -0.2) is 0 Å². The molecule has 0 spiro atoms. The van der Waals surface area contributed by atoms with Crippen molar-refractivity contribution in [2.75, 3.05) is 19.8 Å². The van der Waals surface area contributed by atoms with E-state index in [9.17, 15) is 18.0 Å². The molecule has 19 heavy (non-hydrogen) atoms. The summed E-state index contributed by atoms with van der Waals surface area (Å²) >= 11 is 0. The summed E-state index contributed by atoms with van der Waals surface area (Å²) < 4.78 is 42.2.